The van der Waals surface area contributed by atoms with E-state index in [1.54, 1.807) is 12.2 Å². The number of carbonyl (C=O) groups excluding carboxylic acids is 2. The molecular formula is C33H28N2O4. The molecule has 39 heavy (non-hydrogen) atoms. The number of hydrogen-bond donors (Lipinski definition) is 0. The molecule has 194 valence electrons. The number of amides is 2. The fourth-order valence-corrected chi connectivity index (χ4v) is 4.31. The van der Waals surface area contributed by atoms with Gasteiger partial charge in [-0.1, -0.05) is 73.3 Å². The predicted molar refractivity (Wildman–Crippen MR) is 153 cm³/mol. The molecule has 0 aliphatic carbocycles. The average Bonchev–Trinajstić information content (AvgIpc) is 3.24. The highest BCUT2D eigenvalue weighted by molar-refractivity contribution is 6.09. The number of hydrogen-bond acceptors (Lipinski definition) is 5. The van der Waals surface area contributed by atoms with Crippen LogP contribution in [0.4, 0.5) is 21.9 Å². The van der Waals surface area contributed by atoms with E-state index in [1.165, 1.54) is 0 Å². The summed E-state index contributed by atoms with van der Waals surface area (Å²) < 4.78 is 10.8. The molecule has 0 N–H and O–H groups in total. The maximum Gasteiger partial charge on any atom is 0.422 e. The first-order valence-corrected chi connectivity index (χ1v) is 12.7. The third-order valence-electron chi connectivity index (χ3n) is 6.27. The number of anilines is 3. The first-order valence-electron chi connectivity index (χ1n) is 12.7. The van der Waals surface area contributed by atoms with Crippen LogP contribution in [-0.2, 0) is 16.0 Å². The molecule has 1 fully saturated rings. The predicted octanol–water partition coefficient (Wildman–Crippen LogP) is 7.28. The number of para-hydroxylation sites is 2. The first kappa shape index (κ1) is 25.5. The largest absolute Gasteiger partial charge is 0.490 e. The topological polar surface area (TPSA) is 59.1 Å². The van der Waals surface area contributed by atoms with Gasteiger partial charge >= 0.3 is 6.09 Å². The lowest BCUT2D eigenvalue weighted by molar-refractivity contribution is -0.123. The zero-order chi connectivity index (χ0) is 27.0. The van der Waals surface area contributed by atoms with E-state index < -0.39 is 12.0 Å². The number of carbonyl (C=O) groups is 2. The van der Waals surface area contributed by atoms with Crippen LogP contribution in [0.3, 0.4) is 0 Å². The van der Waals surface area contributed by atoms with Crippen LogP contribution in [-0.4, -0.2) is 30.1 Å². The third-order valence-corrected chi connectivity index (χ3v) is 6.27. The van der Waals surface area contributed by atoms with Gasteiger partial charge in [-0.2, -0.15) is 0 Å². The van der Waals surface area contributed by atoms with Gasteiger partial charge in [0.25, 0.3) is 5.91 Å². The van der Waals surface area contributed by atoms with Crippen LogP contribution in [0, 0.1) is 0 Å². The van der Waals surface area contributed by atoms with Crippen molar-refractivity contribution in [3.05, 3.63) is 139 Å². The summed E-state index contributed by atoms with van der Waals surface area (Å²) in [5.41, 5.74) is 4.77. The normalized spacial score (nSPS) is 13.8. The van der Waals surface area contributed by atoms with Crippen molar-refractivity contribution in [3.8, 4) is 5.75 Å². The Morgan fingerprint density at radius 2 is 1.36 bits per heavy atom. The fourth-order valence-electron chi connectivity index (χ4n) is 4.31. The van der Waals surface area contributed by atoms with Gasteiger partial charge in [0, 0.05) is 23.6 Å². The highest BCUT2D eigenvalue weighted by atomic mass is 16.6. The van der Waals surface area contributed by atoms with Crippen molar-refractivity contribution in [2.45, 2.75) is 6.42 Å². The van der Waals surface area contributed by atoms with Crippen molar-refractivity contribution in [2.24, 2.45) is 0 Å². The van der Waals surface area contributed by atoms with E-state index in [9.17, 15) is 9.59 Å². The van der Waals surface area contributed by atoms with E-state index in [0.29, 0.717) is 13.0 Å². The Morgan fingerprint density at radius 1 is 0.769 bits per heavy atom. The molecule has 0 aromatic heterocycles. The Balaban J connectivity index is 1.28. The van der Waals surface area contributed by atoms with Crippen LogP contribution in [0.5, 0.6) is 5.75 Å². The molecule has 0 atom stereocenters. The second-order valence-electron chi connectivity index (χ2n) is 8.93. The molecule has 6 heteroatoms. The van der Waals surface area contributed by atoms with Crippen LogP contribution in [0.2, 0.25) is 0 Å². The highest BCUT2D eigenvalue weighted by Gasteiger charge is 2.36. The van der Waals surface area contributed by atoms with Crippen LogP contribution in [0.15, 0.2) is 128 Å². The molecule has 5 rings (SSSR count). The van der Waals surface area contributed by atoms with Crippen molar-refractivity contribution >= 4 is 35.1 Å². The average molecular weight is 517 g/mol. The first-order chi connectivity index (χ1) is 19.1. The number of imide groups is 1. The van der Waals surface area contributed by atoms with E-state index in [-0.39, 0.29) is 12.3 Å². The van der Waals surface area contributed by atoms with Gasteiger partial charge in [-0.3, -0.25) is 4.79 Å². The van der Waals surface area contributed by atoms with E-state index in [2.05, 4.69) is 35.7 Å². The van der Waals surface area contributed by atoms with Gasteiger partial charge in [0.05, 0.1) is 0 Å². The van der Waals surface area contributed by atoms with Crippen molar-refractivity contribution in [2.75, 3.05) is 18.1 Å². The highest BCUT2D eigenvalue weighted by Crippen LogP contribution is 2.34. The zero-order valence-corrected chi connectivity index (χ0v) is 21.4. The molecule has 4 aromatic carbocycles. The van der Waals surface area contributed by atoms with Crippen LogP contribution in [0.1, 0.15) is 11.1 Å². The molecule has 0 spiro atoms. The number of ether oxygens (including phenoxy) is 2. The monoisotopic (exact) mass is 516 g/mol. The van der Waals surface area contributed by atoms with Crippen LogP contribution < -0.4 is 9.64 Å². The molecule has 0 radical (unpaired) electrons. The summed E-state index contributed by atoms with van der Waals surface area (Å²) in [5.74, 6) is 0.316. The summed E-state index contributed by atoms with van der Waals surface area (Å²) in [6, 6.07) is 35.5. The minimum atomic E-state index is -0.659. The second kappa shape index (κ2) is 12.0. The summed E-state index contributed by atoms with van der Waals surface area (Å²) in [4.78, 5) is 28.7. The molecule has 1 saturated heterocycles. The van der Waals surface area contributed by atoms with E-state index in [1.807, 2.05) is 84.9 Å². The van der Waals surface area contributed by atoms with Gasteiger partial charge in [-0.05, 0) is 72.2 Å². The third kappa shape index (κ3) is 6.08. The summed E-state index contributed by atoms with van der Waals surface area (Å²) in [5, 5.41) is 0. The van der Waals surface area contributed by atoms with Gasteiger partial charge < -0.3 is 14.4 Å². The molecular weight excluding hydrogens is 488 g/mol. The van der Waals surface area contributed by atoms with Gasteiger partial charge in [0.2, 0.25) is 0 Å². The smallest absolute Gasteiger partial charge is 0.422 e. The lowest BCUT2D eigenvalue weighted by Gasteiger charge is -2.25. The number of cyclic esters (lactones) is 1. The second-order valence-corrected chi connectivity index (χ2v) is 8.93. The lowest BCUT2D eigenvalue weighted by Crippen LogP contribution is -2.30. The quantitative estimate of drug-likeness (QED) is 0.164. The molecule has 1 aliphatic heterocycles. The fraction of sp³-hybridized carbons (Fsp3) is 0.0909. The maximum atomic E-state index is 12.9. The number of rotatable bonds is 10. The zero-order valence-electron chi connectivity index (χ0n) is 21.4. The van der Waals surface area contributed by atoms with Gasteiger partial charge in [0.1, 0.15) is 12.4 Å². The van der Waals surface area contributed by atoms with Crippen molar-refractivity contribution in [1.82, 2.24) is 4.90 Å². The number of nitrogens with zero attached hydrogens (tertiary/aromatic N) is 2. The van der Waals surface area contributed by atoms with Gasteiger partial charge in [0.15, 0.2) is 5.76 Å². The standard InChI is InChI=1S/C33H28N2O4/c1-2-23-38-30-19-15-25(16-20-30)21-22-34-32(36)31(39-33(34)37)24-26-13-17-29(18-14-26)35(27-9-5-3-6-10-27)28-11-7-4-8-12-28/h2-20,24H,1,21-23H2. The molecule has 1 heterocycles. The Morgan fingerprint density at radius 3 is 1.95 bits per heavy atom. The summed E-state index contributed by atoms with van der Waals surface area (Å²) in [6.45, 7) is 4.29. The Bertz CT molecular complexity index is 1420. The minimum Gasteiger partial charge on any atom is -0.490 e. The van der Waals surface area contributed by atoms with Gasteiger partial charge in [-0.25, -0.2) is 9.69 Å². The minimum absolute atomic E-state index is 0.0175. The Hall–Kier alpha value is -5.10. The number of benzene rings is 4. The van der Waals surface area contributed by atoms with Crippen LogP contribution in [0.25, 0.3) is 6.08 Å². The SMILES string of the molecule is C=CCOc1ccc(CCN2C(=O)OC(=Cc3ccc(N(c4ccccc4)c4ccccc4)cc3)C2=O)cc1. The van der Waals surface area contributed by atoms with E-state index in [0.717, 1.165) is 38.8 Å². The molecule has 0 unspecified atom stereocenters. The molecule has 2 amide bonds. The molecule has 4 aromatic rings. The summed E-state index contributed by atoms with van der Waals surface area (Å²) >= 11 is 0. The van der Waals surface area contributed by atoms with Crippen molar-refractivity contribution in [3.63, 3.8) is 0 Å². The lowest BCUT2D eigenvalue weighted by atomic mass is 10.1. The van der Waals surface area contributed by atoms with E-state index >= 15 is 0 Å². The Kier molecular flexibility index (Phi) is 7.84. The van der Waals surface area contributed by atoms with Gasteiger partial charge in [-0.15, -0.1) is 0 Å². The van der Waals surface area contributed by atoms with E-state index in [4.69, 9.17) is 9.47 Å². The summed E-state index contributed by atoms with van der Waals surface area (Å²) in [7, 11) is 0. The maximum absolute atomic E-state index is 12.9. The Labute approximate surface area is 228 Å². The molecule has 0 saturated carbocycles. The summed E-state index contributed by atoms with van der Waals surface area (Å²) in [6.07, 6.45) is 3.14. The molecule has 6 nitrogen and oxygen atoms in total. The van der Waals surface area contributed by atoms with Crippen molar-refractivity contribution < 1.29 is 19.1 Å². The molecule has 0 bridgehead atoms. The molecule has 1 aliphatic rings. The van der Waals surface area contributed by atoms with Crippen LogP contribution >= 0.6 is 0 Å². The van der Waals surface area contributed by atoms with Crippen molar-refractivity contribution in [1.29, 1.82) is 0 Å².